The van der Waals surface area contributed by atoms with Crippen molar-refractivity contribution in [3.8, 4) is 16.9 Å². The van der Waals surface area contributed by atoms with Crippen LogP contribution in [0.25, 0.3) is 11.1 Å². The molecule has 0 fully saturated rings. The molecule has 2 nitrogen and oxygen atoms in total. The van der Waals surface area contributed by atoms with Crippen LogP contribution in [0.5, 0.6) is 5.75 Å². The number of unbranched alkanes of at least 4 members (excludes halogenated alkanes) is 9. The number of hydrogen-bond acceptors (Lipinski definition) is 2. The summed E-state index contributed by atoms with van der Waals surface area (Å²) >= 11 is 6.34. The molecule has 30 heavy (non-hydrogen) atoms. The Morgan fingerprint density at radius 3 is 2.07 bits per heavy atom. The predicted molar refractivity (Wildman–Crippen MR) is 140 cm³/mol. The molecular formula is C26H38ClIO2. The third-order valence-corrected chi connectivity index (χ3v) is 5.69. The minimum absolute atomic E-state index is 0. The zero-order chi connectivity index (χ0) is 20.7. The van der Waals surface area contributed by atoms with Crippen LogP contribution in [0.1, 0.15) is 77.6 Å². The van der Waals surface area contributed by atoms with Crippen LogP contribution in [0.15, 0.2) is 48.5 Å². The van der Waals surface area contributed by atoms with E-state index in [9.17, 15) is 5.11 Å². The van der Waals surface area contributed by atoms with E-state index in [1.807, 2.05) is 48.5 Å². The topological polar surface area (TPSA) is 29.5 Å². The van der Waals surface area contributed by atoms with Gasteiger partial charge in [0.2, 0.25) is 0 Å². The van der Waals surface area contributed by atoms with Crippen LogP contribution in [-0.2, 0) is 0 Å². The minimum Gasteiger partial charge on any atom is -0.491 e. The number of halogens is 2. The highest BCUT2D eigenvalue weighted by Gasteiger charge is 2.08. The SMILES string of the molecule is CCCCCCCCCCCCC(O)COc1ccc(Cl)c(-c2ccccc2)c1.I. The number of hydrogen-bond donors (Lipinski definition) is 1. The van der Waals surface area contributed by atoms with Crippen LogP contribution in [0.4, 0.5) is 0 Å². The van der Waals surface area contributed by atoms with Gasteiger partial charge in [0.05, 0.1) is 6.10 Å². The van der Waals surface area contributed by atoms with Crippen molar-refractivity contribution in [2.45, 2.75) is 83.7 Å². The Kier molecular flexibility index (Phi) is 15.3. The van der Waals surface area contributed by atoms with E-state index in [1.165, 1.54) is 57.8 Å². The van der Waals surface area contributed by atoms with Crippen molar-refractivity contribution in [2.24, 2.45) is 0 Å². The Morgan fingerprint density at radius 2 is 1.43 bits per heavy atom. The van der Waals surface area contributed by atoms with Crippen molar-refractivity contribution in [3.05, 3.63) is 53.6 Å². The van der Waals surface area contributed by atoms with Crippen LogP contribution >= 0.6 is 35.6 Å². The highest BCUT2D eigenvalue weighted by molar-refractivity contribution is 14.0. The normalized spacial score (nSPS) is 11.7. The molecule has 2 aromatic rings. The molecule has 4 heteroatoms. The third-order valence-electron chi connectivity index (χ3n) is 5.36. The lowest BCUT2D eigenvalue weighted by Gasteiger charge is -2.14. The van der Waals surface area contributed by atoms with Gasteiger partial charge in [0.15, 0.2) is 0 Å². The van der Waals surface area contributed by atoms with Gasteiger partial charge in [0.1, 0.15) is 12.4 Å². The van der Waals surface area contributed by atoms with Gasteiger partial charge >= 0.3 is 0 Å². The van der Waals surface area contributed by atoms with Crippen LogP contribution in [-0.4, -0.2) is 17.8 Å². The van der Waals surface area contributed by atoms with Gasteiger partial charge in [-0.25, -0.2) is 0 Å². The zero-order valence-corrected chi connectivity index (χ0v) is 21.4. The number of ether oxygens (including phenoxy) is 1. The lowest BCUT2D eigenvalue weighted by atomic mass is 10.0. The molecule has 168 valence electrons. The van der Waals surface area contributed by atoms with Gasteiger partial charge in [0.25, 0.3) is 0 Å². The highest BCUT2D eigenvalue weighted by atomic mass is 127. The van der Waals surface area contributed by atoms with Crippen molar-refractivity contribution in [1.82, 2.24) is 0 Å². The molecule has 0 bridgehead atoms. The molecule has 1 unspecified atom stereocenters. The Labute approximate surface area is 205 Å². The van der Waals surface area contributed by atoms with Crippen molar-refractivity contribution in [1.29, 1.82) is 0 Å². The van der Waals surface area contributed by atoms with Crippen molar-refractivity contribution >= 4 is 35.6 Å². The fraction of sp³-hybridized carbons (Fsp3) is 0.538. The molecule has 0 amide bonds. The number of rotatable bonds is 15. The summed E-state index contributed by atoms with van der Waals surface area (Å²) in [5, 5.41) is 10.9. The average Bonchev–Trinajstić information content (AvgIpc) is 2.75. The monoisotopic (exact) mass is 544 g/mol. The van der Waals surface area contributed by atoms with Gasteiger partial charge < -0.3 is 9.84 Å². The lowest BCUT2D eigenvalue weighted by molar-refractivity contribution is 0.0975. The molecule has 2 rings (SSSR count). The smallest absolute Gasteiger partial charge is 0.120 e. The highest BCUT2D eigenvalue weighted by Crippen LogP contribution is 2.31. The van der Waals surface area contributed by atoms with Crippen molar-refractivity contribution < 1.29 is 9.84 Å². The van der Waals surface area contributed by atoms with Crippen molar-refractivity contribution in [2.75, 3.05) is 6.61 Å². The first-order chi connectivity index (χ1) is 14.2. The third kappa shape index (κ3) is 11.0. The van der Waals surface area contributed by atoms with Crippen LogP contribution in [0.2, 0.25) is 5.02 Å². The molecule has 2 aromatic carbocycles. The van der Waals surface area contributed by atoms with Gasteiger partial charge in [-0.3, -0.25) is 0 Å². The molecular weight excluding hydrogens is 507 g/mol. The second kappa shape index (κ2) is 16.9. The molecule has 0 radical (unpaired) electrons. The van der Waals surface area contributed by atoms with Gasteiger partial charge in [0, 0.05) is 10.6 Å². The van der Waals surface area contributed by atoms with E-state index in [2.05, 4.69) is 6.92 Å². The summed E-state index contributed by atoms with van der Waals surface area (Å²) in [6.45, 7) is 2.59. The molecule has 0 heterocycles. The number of aliphatic hydroxyl groups is 1. The molecule has 1 N–H and O–H groups in total. The Morgan fingerprint density at radius 1 is 0.833 bits per heavy atom. The maximum atomic E-state index is 10.2. The van der Waals surface area contributed by atoms with Gasteiger partial charge in [-0.2, -0.15) is 0 Å². The second-order valence-electron chi connectivity index (χ2n) is 7.94. The quantitative estimate of drug-likeness (QED) is 0.179. The van der Waals surface area contributed by atoms with Gasteiger partial charge in [-0.15, -0.1) is 24.0 Å². The summed E-state index contributed by atoms with van der Waals surface area (Å²) in [7, 11) is 0. The maximum Gasteiger partial charge on any atom is 0.120 e. The van der Waals surface area contributed by atoms with E-state index >= 15 is 0 Å². The summed E-state index contributed by atoms with van der Waals surface area (Å²) in [5.41, 5.74) is 2.02. The molecule has 0 saturated carbocycles. The standard InChI is InChI=1S/C26H37ClO2.HI/c1-2-3-4-5-6-7-8-9-10-14-17-23(28)21-29-24-18-19-26(27)25(20-24)22-15-12-11-13-16-22;/h11-13,15-16,18-20,23,28H,2-10,14,17,21H2,1H3;1H. The predicted octanol–water partition coefficient (Wildman–Crippen LogP) is 8.68. The van der Waals surface area contributed by atoms with Gasteiger partial charge in [-0.05, 0) is 30.2 Å². The lowest BCUT2D eigenvalue weighted by Crippen LogP contribution is -2.17. The largest absolute Gasteiger partial charge is 0.491 e. The van der Waals surface area contributed by atoms with Crippen LogP contribution in [0.3, 0.4) is 0 Å². The molecule has 0 aliphatic rings. The first kappa shape index (κ1) is 27.3. The molecule has 0 spiro atoms. The van der Waals surface area contributed by atoms with Crippen molar-refractivity contribution in [3.63, 3.8) is 0 Å². The number of benzene rings is 2. The molecule has 0 aliphatic carbocycles. The van der Waals surface area contributed by atoms with Crippen LogP contribution in [0, 0.1) is 0 Å². The van der Waals surface area contributed by atoms with E-state index in [0.29, 0.717) is 11.6 Å². The molecule has 0 aliphatic heterocycles. The first-order valence-electron chi connectivity index (χ1n) is 11.4. The molecule has 1 atom stereocenters. The summed E-state index contributed by atoms with van der Waals surface area (Å²) in [6.07, 6.45) is 13.5. The van der Waals surface area contributed by atoms with E-state index < -0.39 is 6.10 Å². The van der Waals surface area contributed by atoms with E-state index in [4.69, 9.17) is 16.3 Å². The minimum atomic E-state index is -0.417. The summed E-state index contributed by atoms with van der Waals surface area (Å²) < 4.78 is 5.82. The Bertz CT molecular complexity index is 678. The second-order valence-corrected chi connectivity index (χ2v) is 8.35. The van der Waals surface area contributed by atoms with Gasteiger partial charge in [-0.1, -0.05) is 113 Å². The summed E-state index contributed by atoms with van der Waals surface area (Å²) in [6, 6.07) is 15.7. The average molecular weight is 545 g/mol. The fourth-order valence-corrected chi connectivity index (χ4v) is 3.80. The summed E-state index contributed by atoms with van der Waals surface area (Å²) in [5.74, 6) is 0.746. The molecule has 0 aromatic heterocycles. The zero-order valence-electron chi connectivity index (χ0n) is 18.3. The van der Waals surface area contributed by atoms with Crippen LogP contribution < -0.4 is 4.74 Å². The Hall–Kier alpha value is -0.780. The summed E-state index contributed by atoms with van der Waals surface area (Å²) in [4.78, 5) is 0. The maximum absolute atomic E-state index is 10.2. The molecule has 0 saturated heterocycles. The van der Waals surface area contributed by atoms with E-state index in [0.717, 1.165) is 29.7 Å². The number of aliphatic hydroxyl groups excluding tert-OH is 1. The van der Waals surface area contributed by atoms with E-state index in [1.54, 1.807) is 0 Å². The fourth-order valence-electron chi connectivity index (χ4n) is 3.58. The first-order valence-corrected chi connectivity index (χ1v) is 11.7. The Balaban J connectivity index is 0.00000450. The van der Waals surface area contributed by atoms with E-state index in [-0.39, 0.29) is 24.0 Å².